The van der Waals surface area contributed by atoms with Crippen LogP contribution in [-0.4, -0.2) is 21.4 Å². The van der Waals surface area contributed by atoms with E-state index in [9.17, 15) is 4.79 Å². The monoisotopic (exact) mass is 319 g/mol. The van der Waals surface area contributed by atoms with Gasteiger partial charge in [-0.1, -0.05) is 32.6 Å². The number of benzene rings is 1. The Bertz CT molecular complexity index is 693. The predicted molar refractivity (Wildman–Crippen MR) is 88.0 cm³/mol. The van der Waals surface area contributed by atoms with Gasteiger partial charge in [-0.3, -0.25) is 0 Å². The number of rotatable bonds is 7. The zero-order chi connectivity index (χ0) is 15.4. The lowest BCUT2D eigenvalue weighted by Gasteiger charge is -2.17. The van der Waals surface area contributed by atoms with Gasteiger partial charge in [0, 0.05) is 4.90 Å². The maximum absolute atomic E-state index is 11.8. The Balaban J connectivity index is 1.63. The van der Waals surface area contributed by atoms with E-state index in [2.05, 4.69) is 17.1 Å². The highest BCUT2D eigenvalue weighted by Gasteiger charge is 2.20. The Kier molecular flexibility index (Phi) is 4.87. The second-order valence-corrected chi connectivity index (χ2v) is 6.48. The van der Waals surface area contributed by atoms with E-state index in [1.54, 1.807) is 16.3 Å². The summed E-state index contributed by atoms with van der Waals surface area (Å²) in [6, 6.07) is 5.89. The summed E-state index contributed by atoms with van der Waals surface area (Å²) < 4.78 is 7.47. The summed E-state index contributed by atoms with van der Waals surface area (Å²) in [5, 5.41) is 6.54. The van der Waals surface area contributed by atoms with Crippen LogP contribution < -0.4 is 10.4 Å². The van der Waals surface area contributed by atoms with Gasteiger partial charge in [0.05, 0.1) is 18.0 Å². The minimum Gasteiger partial charge on any atom is -0.494 e. The van der Waals surface area contributed by atoms with Crippen LogP contribution in [0.15, 0.2) is 27.9 Å². The van der Waals surface area contributed by atoms with Crippen molar-refractivity contribution in [2.45, 2.75) is 49.7 Å². The van der Waals surface area contributed by atoms with Gasteiger partial charge in [-0.15, -0.1) is 11.8 Å². The first-order valence-corrected chi connectivity index (χ1v) is 8.84. The SMILES string of the molecule is CCCCCCCOc1ccc2c(c1)SCc1n[nH]c(=O)n1-2. The van der Waals surface area contributed by atoms with Crippen molar-refractivity contribution < 1.29 is 4.74 Å². The number of unbranched alkanes of at least 4 members (excludes halogenated alkanes) is 4. The molecule has 1 aromatic carbocycles. The van der Waals surface area contributed by atoms with E-state index in [-0.39, 0.29) is 5.69 Å². The molecule has 118 valence electrons. The zero-order valence-electron chi connectivity index (χ0n) is 12.8. The number of hydrogen-bond donors (Lipinski definition) is 1. The molecule has 0 unspecified atom stereocenters. The Morgan fingerprint density at radius 3 is 3.05 bits per heavy atom. The molecule has 2 aromatic rings. The lowest BCUT2D eigenvalue weighted by Crippen LogP contribution is -2.19. The Labute approximate surface area is 134 Å². The molecule has 2 heterocycles. The number of nitrogens with one attached hydrogen (secondary N) is 1. The minimum atomic E-state index is -0.179. The summed E-state index contributed by atoms with van der Waals surface area (Å²) in [5.41, 5.74) is 0.710. The highest BCUT2D eigenvalue weighted by molar-refractivity contribution is 7.98. The molecule has 3 rings (SSSR count). The number of aromatic nitrogens is 3. The van der Waals surface area contributed by atoms with E-state index in [0.29, 0.717) is 5.75 Å². The van der Waals surface area contributed by atoms with Crippen LogP contribution in [0.3, 0.4) is 0 Å². The molecule has 1 N–H and O–H groups in total. The molecule has 0 atom stereocenters. The number of hydrogen-bond acceptors (Lipinski definition) is 4. The van der Waals surface area contributed by atoms with Crippen LogP contribution >= 0.6 is 11.8 Å². The number of thioether (sulfide) groups is 1. The zero-order valence-corrected chi connectivity index (χ0v) is 13.6. The standard InChI is InChI=1S/C16H21N3O2S/c1-2-3-4-5-6-9-21-12-7-8-13-14(10-12)22-11-15-17-18-16(20)19(13)15/h7-8,10H,2-6,9,11H2,1H3,(H,18,20). The van der Waals surface area contributed by atoms with Gasteiger partial charge >= 0.3 is 5.69 Å². The summed E-state index contributed by atoms with van der Waals surface area (Å²) >= 11 is 1.69. The Hall–Kier alpha value is -1.69. The third-order valence-corrected chi connectivity index (χ3v) is 4.83. The van der Waals surface area contributed by atoms with Crippen LogP contribution in [0.4, 0.5) is 0 Å². The van der Waals surface area contributed by atoms with Gasteiger partial charge in [0.1, 0.15) is 11.6 Å². The molecule has 0 radical (unpaired) electrons. The molecule has 0 saturated heterocycles. The van der Waals surface area contributed by atoms with Gasteiger partial charge in [0.2, 0.25) is 0 Å². The van der Waals surface area contributed by atoms with E-state index in [1.807, 2.05) is 18.2 Å². The second kappa shape index (κ2) is 7.05. The molecule has 5 nitrogen and oxygen atoms in total. The molecule has 0 aliphatic carbocycles. The summed E-state index contributed by atoms with van der Waals surface area (Å²) in [7, 11) is 0. The van der Waals surface area contributed by atoms with Crippen molar-refractivity contribution in [3.05, 3.63) is 34.5 Å². The topological polar surface area (TPSA) is 59.9 Å². The Morgan fingerprint density at radius 1 is 1.32 bits per heavy atom. The number of nitrogens with zero attached hydrogens (tertiary/aromatic N) is 2. The number of H-pyrrole nitrogens is 1. The van der Waals surface area contributed by atoms with Crippen LogP contribution in [0.2, 0.25) is 0 Å². The smallest absolute Gasteiger partial charge is 0.348 e. The third kappa shape index (κ3) is 3.21. The fraction of sp³-hybridized carbons (Fsp3) is 0.500. The summed E-state index contributed by atoms with van der Waals surface area (Å²) in [6.07, 6.45) is 6.17. The minimum absolute atomic E-state index is 0.179. The lowest BCUT2D eigenvalue weighted by molar-refractivity contribution is 0.304. The molecule has 1 aromatic heterocycles. The first-order chi connectivity index (χ1) is 10.8. The van der Waals surface area contributed by atoms with Gasteiger partial charge in [0.15, 0.2) is 0 Å². The second-order valence-electron chi connectivity index (χ2n) is 5.46. The van der Waals surface area contributed by atoms with Crippen molar-refractivity contribution in [3.63, 3.8) is 0 Å². The van der Waals surface area contributed by atoms with Gasteiger partial charge in [-0.05, 0) is 24.6 Å². The van der Waals surface area contributed by atoms with E-state index < -0.39 is 0 Å². The molecule has 0 bridgehead atoms. The number of ether oxygens (including phenoxy) is 1. The molecule has 0 saturated carbocycles. The summed E-state index contributed by atoms with van der Waals surface area (Å²) in [5.74, 6) is 2.35. The molecule has 1 aliphatic rings. The lowest BCUT2D eigenvalue weighted by atomic mass is 10.2. The molecule has 1 aliphatic heterocycles. The third-order valence-electron chi connectivity index (χ3n) is 3.79. The van der Waals surface area contributed by atoms with Crippen LogP contribution in [-0.2, 0) is 5.75 Å². The van der Waals surface area contributed by atoms with Crippen molar-refractivity contribution in [1.82, 2.24) is 14.8 Å². The molecular formula is C16H21N3O2S. The van der Waals surface area contributed by atoms with E-state index in [0.717, 1.165) is 35.2 Å². The van der Waals surface area contributed by atoms with Crippen LogP contribution in [0.25, 0.3) is 5.69 Å². The maximum Gasteiger partial charge on any atom is 0.348 e. The first-order valence-electron chi connectivity index (χ1n) is 7.86. The highest BCUT2D eigenvalue weighted by Crippen LogP contribution is 2.35. The predicted octanol–water partition coefficient (Wildman–Crippen LogP) is 3.52. The fourth-order valence-electron chi connectivity index (χ4n) is 2.60. The van der Waals surface area contributed by atoms with Gasteiger partial charge in [-0.2, -0.15) is 5.10 Å². The maximum atomic E-state index is 11.8. The van der Waals surface area contributed by atoms with Crippen molar-refractivity contribution >= 4 is 11.8 Å². The van der Waals surface area contributed by atoms with Crippen molar-refractivity contribution in [1.29, 1.82) is 0 Å². The van der Waals surface area contributed by atoms with Gasteiger partial charge in [0.25, 0.3) is 0 Å². The first kappa shape index (κ1) is 15.2. The molecule has 0 fully saturated rings. The van der Waals surface area contributed by atoms with E-state index >= 15 is 0 Å². The molecule has 0 spiro atoms. The average molecular weight is 319 g/mol. The van der Waals surface area contributed by atoms with Crippen LogP contribution in [0.1, 0.15) is 44.9 Å². The largest absolute Gasteiger partial charge is 0.494 e. The number of fused-ring (bicyclic) bond motifs is 3. The molecular weight excluding hydrogens is 298 g/mol. The van der Waals surface area contributed by atoms with Gasteiger partial charge in [-0.25, -0.2) is 14.5 Å². The van der Waals surface area contributed by atoms with E-state index in [1.165, 1.54) is 25.7 Å². The number of aromatic amines is 1. The van der Waals surface area contributed by atoms with Crippen molar-refractivity contribution in [2.75, 3.05) is 6.61 Å². The summed E-state index contributed by atoms with van der Waals surface area (Å²) in [4.78, 5) is 12.9. The van der Waals surface area contributed by atoms with Crippen molar-refractivity contribution in [3.8, 4) is 11.4 Å². The van der Waals surface area contributed by atoms with Gasteiger partial charge < -0.3 is 4.74 Å². The highest BCUT2D eigenvalue weighted by atomic mass is 32.2. The van der Waals surface area contributed by atoms with Crippen LogP contribution in [0.5, 0.6) is 5.75 Å². The Morgan fingerprint density at radius 2 is 2.18 bits per heavy atom. The molecule has 22 heavy (non-hydrogen) atoms. The summed E-state index contributed by atoms with van der Waals surface area (Å²) in [6.45, 7) is 2.97. The fourth-order valence-corrected chi connectivity index (χ4v) is 3.58. The normalized spacial score (nSPS) is 12.8. The van der Waals surface area contributed by atoms with Crippen LogP contribution in [0, 0.1) is 0 Å². The quantitative estimate of drug-likeness (QED) is 0.793. The molecule has 6 heteroatoms. The molecule has 0 amide bonds. The van der Waals surface area contributed by atoms with E-state index in [4.69, 9.17) is 4.74 Å². The average Bonchev–Trinajstić information content (AvgIpc) is 2.92. The van der Waals surface area contributed by atoms with Crippen molar-refractivity contribution in [2.24, 2.45) is 0 Å².